The van der Waals surface area contributed by atoms with Crippen LogP contribution in [0.2, 0.25) is 0 Å². The van der Waals surface area contributed by atoms with E-state index in [0.717, 1.165) is 17.8 Å². The Morgan fingerprint density at radius 1 is 1.43 bits per heavy atom. The summed E-state index contributed by atoms with van der Waals surface area (Å²) >= 11 is 0. The van der Waals surface area contributed by atoms with Crippen LogP contribution in [0.15, 0.2) is 0 Å². The van der Waals surface area contributed by atoms with E-state index in [1.165, 1.54) is 32.1 Å². The average Bonchev–Trinajstić information content (AvgIpc) is 2.41. The monoisotopic (exact) mass is 197 g/mol. The minimum atomic E-state index is 0.156. The van der Waals surface area contributed by atoms with Gasteiger partial charge in [-0.2, -0.15) is 0 Å². The van der Waals surface area contributed by atoms with Crippen molar-refractivity contribution in [1.82, 2.24) is 0 Å². The summed E-state index contributed by atoms with van der Waals surface area (Å²) in [4.78, 5) is 0. The van der Waals surface area contributed by atoms with E-state index in [1.54, 1.807) is 0 Å². The maximum atomic E-state index is 6.58. The van der Waals surface area contributed by atoms with Crippen molar-refractivity contribution in [3.63, 3.8) is 0 Å². The van der Waals surface area contributed by atoms with Crippen LogP contribution < -0.4 is 5.73 Å². The summed E-state index contributed by atoms with van der Waals surface area (Å²) in [5.41, 5.74) is 6.74. The highest BCUT2D eigenvalue weighted by atomic mass is 14.8. The van der Waals surface area contributed by atoms with Crippen molar-refractivity contribution in [2.75, 3.05) is 0 Å². The van der Waals surface area contributed by atoms with Crippen LogP contribution in [-0.2, 0) is 0 Å². The average molecular weight is 197 g/mol. The summed E-state index contributed by atoms with van der Waals surface area (Å²) in [5, 5.41) is 0. The molecule has 2 N–H and O–H groups in total. The van der Waals surface area contributed by atoms with Crippen molar-refractivity contribution in [2.45, 2.75) is 65.3 Å². The van der Waals surface area contributed by atoms with Gasteiger partial charge in [0.25, 0.3) is 0 Å². The Morgan fingerprint density at radius 2 is 2.07 bits per heavy atom. The van der Waals surface area contributed by atoms with Crippen molar-refractivity contribution in [3.8, 4) is 0 Å². The zero-order chi connectivity index (χ0) is 10.8. The predicted octanol–water partition coefficient (Wildman–Crippen LogP) is 3.58. The van der Waals surface area contributed by atoms with Gasteiger partial charge in [-0.15, -0.1) is 0 Å². The highest BCUT2D eigenvalue weighted by Gasteiger charge is 2.43. The smallest absolute Gasteiger partial charge is 0.0187 e. The van der Waals surface area contributed by atoms with E-state index in [-0.39, 0.29) is 5.54 Å². The lowest BCUT2D eigenvalue weighted by atomic mass is 9.76. The SMILES string of the molecule is CCCC1(N)CC(C)CC1C(C)CC. The van der Waals surface area contributed by atoms with Crippen molar-refractivity contribution < 1.29 is 0 Å². The highest BCUT2D eigenvalue weighted by Crippen LogP contribution is 2.45. The summed E-state index contributed by atoms with van der Waals surface area (Å²) in [6.07, 6.45) is 6.32. The molecule has 1 aliphatic carbocycles. The molecular formula is C13H27N. The molecule has 1 heteroatoms. The molecule has 1 fully saturated rings. The minimum absolute atomic E-state index is 0.156. The van der Waals surface area contributed by atoms with E-state index < -0.39 is 0 Å². The third-order valence-corrected chi connectivity index (χ3v) is 4.17. The zero-order valence-corrected chi connectivity index (χ0v) is 10.3. The first-order chi connectivity index (χ1) is 6.53. The molecule has 0 heterocycles. The lowest BCUT2D eigenvalue weighted by Gasteiger charge is -2.35. The summed E-state index contributed by atoms with van der Waals surface area (Å²) in [7, 11) is 0. The fourth-order valence-electron chi connectivity index (χ4n) is 3.39. The van der Waals surface area contributed by atoms with Gasteiger partial charge in [0, 0.05) is 5.54 Å². The number of rotatable bonds is 4. The van der Waals surface area contributed by atoms with E-state index in [1.807, 2.05) is 0 Å². The molecule has 0 bridgehead atoms. The van der Waals surface area contributed by atoms with Crippen LogP contribution in [0.3, 0.4) is 0 Å². The van der Waals surface area contributed by atoms with Crippen molar-refractivity contribution in [1.29, 1.82) is 0 Å². The molecule has 1 nitrogen and oxygen atoms in total. The lowest BCUT2D eigenvalue weighted by Crippen LogP contribution is -2.45. The standard InChI is InChI=1S/C13H27N/c1-5-7-13(14)9-10(3)8-12(13)11(4)6-2/h10-12H,5-9,14H2,1-4H3. The van der Waals surface area contributed by atoms with E-state index >= 15 is 0 Å². The molecule has 1 saturated carbocycles. The summed E-state index contributed by atoms with van der Waals surface area (Å²) in [5.74, 6) is 2.41. The van der Waals surface area contributed by atoms with Gasteiger partial charge in [0.05, 0.1) is 0 Å². The Bertz CT molecular complexity index is 178. The Morgan fingerprint density at radius 3 is 2.57 bits per heavy atom. The van der Waals surface area contributed by atoms with Crippen LogP contribution in [-0.4, -0.2) is 5.54 Å². The number of hydrogen-bond donors (Lipinski definition) is 1. The highest BCUT2D eigenvalue weighted by molar-refractivity contribution is 5.00. The number of nitrogens with two attached hydrogens (primary N) is 1. The summed E-state index contributed by atoms with van der Waals surface area (Å²) in [6.45, 7) is 9.28. The molecule has 0 aromatic heterocycles. The molecule has 0 saturated heterocycles. The second kappa shape index (κ2) is 4.65. The number of hydrogen-bond acceptors (Lipinski definition) is 1. The summed E-state index contributed by atoms with van der Waals surface area (Å²) < 4.78 is 0. The lowest BCUT2D eigenvalue weighted by molar-refractivity contribution is 0.215. The molecular weight excluding hydrogens is 170 g/mol. The second-order valence-electron chi connectivity index (χ2n) is 5.52. The predicted molar refractivity (Wildman–Crippen MR) is 63.2 cm³/mol. The van der Waals surface area contributed by atoms with Gasteiger partial charge in [-0.3, -0.25) is 0 Å². The quantitative estimate of drug-likeness (QED) is 0.732. The normalized spacial score (nSPS) is 40.1. The van der Waals surface area contributed by atoms with Crippen molar-refractivity contribution in [2.24, 2.45) is 23.5 Å². The van der Waals surface area contributed by atoms with Gasteiger partial charge in [0.2, 0.25) is 0 Å². The van der Waals surface area contributed by atoms with Gasteiger partial charge in [0.1, 0.15) is 0 Å². The first-order valence-corrected chi connectivity index (χ1v) is 6.32. The molecule has 84 valence electrons. The van der Waals surface area contributed by atoms with Crippen LogP contribution >= 0.6 is 0 Å². The molecule has 1 aliphatic rings. The van der Waals surface area contributed by atoms with Crippen LogP contribution in [0.4, 0.5) is 0 Å². The van der Waals surface area contributed by atoms with Crippen LogP contribution in [0.5, 0.6) is 0 Å². The van der Waals surface area contributed by atoms with E-state index in [2.05, 4.69) is 27.7 Å². The molecule has 4 unspecified atom stereocenters. The van der Waals surface area contributed by atoms with E-state index in [4.69, 9.17) is 5.73 Å². The largest absolute Gasteiger partial charge is 0.325 e. The molecule has 0 spiro atoms. The van der Waals surface area contributed by atoms with Crippen LogP contribution in [0.1, 0.15) is 59.8 Å². The third kappa shape index (κ3) is 2.31. The Balaban J connectivity index is 2.70. The topological polar surface area (TPSA) is 26.0 Å². The molecule has 0 aromatic rings. The first kappa shape index (κ1) is 12.0. The molecule has 0 radical (unpaired) electrons. The van der Waals surface area contributed by atoms with Gasteiger partial charge < -0.3 is 5.73 Å². The molecule has 0 aliphatic heterocycles. The van der Waals surface area contributed by atoms with Gasteiger partial charge in [0.15, 0.2) is 0 Å². The maximum Gasteiger partial charge on any atom is 0.0187 e. The van der Waals surface area contributed by atoms with Gasteiger partial charge in [-0.25, -0.2) is 0 Å². The Kier molecular flexibility index (Phi) is 4.00. The fraction of sp³-hybridized carbons (Fsp3) is 1.00. The van der Waals surface area contributed by atoms with E-state index in [9.17, 15) is 0 Å². The molecule has 0 aromatic carbocycles. The van der Waals surface area contributed by atoms with Crippen LogP contribution in [0, 0.1) is 17.8 Å². The molecule has 4 atom stereocenters. The Labute approximate surface area is 89.5 Å². The maximum absolute atomic E-state index is 6.58. The molecule has 1 rings (SSSR count). The van der Waals surface area contributed by atoms with E-state index in [0.29, 0.717) is 0 Å². The van der Waals surface area contributed by atoms with Crippen molar-refractivity contribution in [3.05, 3.63) is 0 Å². The van der Waals surface area contributed by atoms with Gasteiger partial charge >= 0.3 is 0 Å². The minimum Gasteiger partial charge on any atom is -0.325 e. The second-order valence-corrected chi connectivity index (χ2v) is 5.52. The van der Waals surface area contributed by atoms with Crippen LogP contribution in [0.25, 0.3) is 0 Å². The Hall–Kier alpha value is -0.0400. The molecule has 14 heavy (non-hydrogen) atoms. The van der Waals surface area contributed by atoms with Gasteiger partial charge in [-0.1, -0.05) is 40.5 Å². The summed E-state index contributed by atoms with van der Waals surface area (Å²) in [6, 6.07) is 0. The first-order valence-electron chi connectivity index (χ1n) is 6.32. The zero-order valence-electron chi connectivity index (χ0n) is 10.3. The third-order valence-electron chi connectivity index (χ3n) is 4.17. The van der Waals surface area contributed by atoms with Gasteiger partial charge in [-0.05, 0) is 37.0 Å². The molecule has 0 amide bonds. The fourth-order valence-corrected chi connectivity index (χ4v) is 3.39. The van der Waals surface area contributed by atoms with Crippen molar-refractivity contribution >= 4 is 0 Å².